The molecule has 0 saturated heterocycles. The number of aldehydes is 1. The average molecular weight is 591 g/mol. The van der Waals surface area contributed by atoms with E-state index in [1.54, 1.807) is 6.92 Å². The van der Waals surface area contributed by atoms with Gasteiger partial charge < -0.3 is 20.4 Å². The van der Waals surface area contributed by atoms with Gasteiger partial charge in [0.25, 0.3) is 0 Å². The van der Waals surface area contributed by atoms with E-state index in [-0.39, 0.29) is 25.0 Å². The third-order valence-electron chi connectivity index (χ3n) is 10.2. The van der Waals surface area contributed by atoms with Gasteiger partial charge >= 0.3 is 0 Å². The number of aliphatic hydroxyl groups is 4. The van der Waals surface area contributed by atoms with Crippen LogP contribution in [0, 0.1) is 17.3 Å². The molecular weight excluding hydrogens is 536 g/mol. The van der Waals surface area contributed by atoms with Crippen molar-refractivity contribution < 1.29 is 25.2 Å². The van der Waals surface area contributed by atoms with Crippen molar-refractivity contribution in [2.45, 2.75) is 103 Å². The van der Waals surface area contributed by atoms with E-state index in [0.29, 0.717) is 44.1 Å². The molecule has 2 aliphatic rings. The highest BCUT2D eigenvalue weighted by Gasteiger charge is 2.63. The summed E-state index contributed by atoms with van der Waals surface area (Å²) in [6.07, 6.45) is 16.6. The van der Waals surface area contributed by atoms with Crippen LogP contribution in [0.2, 0.25) is 0 Å². The van der Waals surface area contributed by atoms with Crippen molar-refractivity contribution in [3.63, 3.8) is 0 Å². The number of hydrogen-bond acceptors (Lipinski definition) is 5. The van der Waals surface area contributed by atoms with E-state index in [4.69, 9.17) is 0 Å². The Morgan fingerprint density at radius 3 is 2.51 bits per heavy atom. The van der Waals surface area contributed by atoms with Gasteiger partial charge in [-0.1, -0.05) is 77.9 Å². The fourth-order valence-corrected chi connectivity index (χ4v) is 7.67. The zero-order chi connectivity index (χ0) is 31.5. The molecule has 236 valence electrons. The Morgan fingerprint density at radius 1 is 1.09 bits per heavy atom. The summed E-state index contributed by atoms with van der Waals surface area (Å²) in [5.74, 6) is -0.512. The van der Waals surface area contributed by atoms with Crippen molar-refractivity contribution in [2.75, 3.05) is 13.2 Å². The van der Waals surface area contributed by atoms with Crippen LogP contribution in [0.25, 0.3) is 0 Å². The maximum atomic E-state index is 11.9. The Bertz CT molecular complexity index is 1190. The number of aryl methyl sites for hydroxylation is 1. The number of carbonyl (C=O) groups excluding carboxylic acids is 1. The third-order valence-corrected chi connectivity index (χ3v) is 10.2. The summed E-state index contributed by atoms with van der Waals surface area (Å²) in [6, 6.07) is 10.6. The minimum atomic E-state index is -1.13. The number of allylic oxidation sites excluding steroid dienone is 8. The van der Waals surface area contributed by atoms with E-state index in [0.717, 1.165) is 55.1 Å². The molecule has 0 radical (unpaired) electrons. The molecule has 1 aromatic carbocycles. The summed E-state index contributed by atoms with van der Waals surface area (Å²) in [7, 11) is 0. The maximum Gasteiger partial charge on any atom is 0.145 e. The maximum absolute atomic E-state index is 11.9. The first-order valence-electron chi connectivity index (χ1n) is 16.1. The second-order valence-electron chi connectivity index (χ2n) is 13.0. The number of benzene rings is 1. The van der Waals surface area contributed by atoms with E-state index in [1.165, 1.54) is 11.1 Å². The molecule has 0 aromatic heterocycles. The molecule has 4 N–H and O–H groups in total. The molecule has 5 heteroatoms. The van der Waals surface area contributed by atoms with Crippen LogP contribution in [0.15, 0.2) is 89.1 Å². The van der Waals surface area contributed by atoms with Gasteiger partial charge in [-0.2, -0.15) is 0 Å². The molecule has 1 spiro atoms. The van der Waals surface area contributed by atoms with Gasteiger partial charge in [-0.15, -0.1) is 0 Å². The van der Waals surface area contributed by atoms with Crippen molar-refractivity contribution in [3.8, 4) is 0 Å². The lowest BCUT2D eigenvalue weighted by Crippen LogP contribution is -2.59. The Balaban J connectivity index is 1.64. The first-order chi connectivity index (χ1) is 20.6. The van der Waals surface area contributed by atoms with E-state index < -0.39 is 17.1 Å². The zero-order valence-electron chi connectivity index (χ0n) is 26.6. The minimum absolute atomic E-state index is 0.0156. The first-order valence-corrected chi connectivity index (χ1v) is 16.1. The number of hydrogen-bond donors (Lipinski definition) is 4. The molecule has 3 rings (SSSR count). The summed E-state index contributed by atoms with van der Waals surface area (Å²) in [5, 5.41) is 43.6. The molecule has 5 nitrogen and oxygen atoms in total. The van der Waals surface area contributed by atoms with Gasteiger partial charge in [0, 0.05) is 17.9 Å². The quantitative estimate of drug-likeness (QED) is 0.0765. The van der Waals surface area contributed by atoms with Crippen molar-refractivity contribution in [2.24, 2.45) is 17.3 Å². The topological polar surface area (TPSA) is 98.0 Å². The Kier molecular flexibility index (Phi) is 13.4. The lowest BCUT2D eigenvalue weighted by Gasteiger charge is -2.55. The van der Waals surface area contributed by atoms with Crippen LogP contribution < -0.4 is 0 Å². The predicted molar refractivity (Wildman–Crippen MR) is 175 cm³/mol. The highest BCUT2D eigenvalue weighted by Crippen LogP contribution is 2.62. The molecule has 0 heterocycles. The van der Waals surface area contributed by atoms with E-state index in [2.05, 4.69) is 49.9 Å². The Morgan fingerprint density at radius 2 is 1.84 bits per heavy atom. The van der Waals surface area contributed by atoms with Gasteiger partial charge in [0.1, 0.15) is 6.29 Å². The highest BCUT2D eigenvalue weighted by molar-refractivity contribution is 5.74. The smallest absolute Gasteiger partial charge is 0.145 e. The number of aliphatic hydroxyl groups excluding tert-OH is 3. The molecule has 43 heavy (non-hydrogen) atoms. The van der Waals surface area contributed by atoms with Crippen molar-refractivity contribution in [3.05, 3.63) is 94.6 Å². The molecule has 0 aliphatic heterocycles. The van der Waals surface area contributed by atoms with Crippen molar-refractivity contribution >= 4 is 6.29 Å². The molecule has 2 aliphatic carbocycles. The predicted octanol–water partition coefficient (Wildman–Crippen LogP) is 6.97. The summed E-state index contributed by atoms with van der Waals surface area (Å²) >= 11 is 0. The second-order valence-corrected chi connectivity index (χ2v) is 13.0. The minimum Gasteiger partial charge on any atom is -0.396 e. The molecule has 0 bridgehead atoms. The highest BCUT2D eigenvalue weighted by atomic mass is 16.3. The lowest BCUT2D eigenvalue weighted by atomic mass is 9.52. The van der Waals surface area contributed by atoms with Gasteiger partial charge in [-0.25, -0.2) is 0 Å². The molecule has 2 saturated carbocycles. The largest absolute Gasteiger partial charge is 0.396 e. The van der Waals surface area contributed by atoms with E-state index in [9.17, 15) is 25.2 Å². The monoisotopic (exact) mass is 590 g/mol. The van der Waals surface area contributed by atoms with Crippen LogP contribution in [0.5, 0.6) is 0 Å². The van der Waals surface area contributed by atoms with Crippen LogP contribution >= 0.6 is 0 Å². The number of carbonyl (C=O) groups is 1. The molecule has 0 amide bonds. The average Bonchev–Trinajstić information content (AvgIpc) is 3.34. The first kappa shape index (κ1) is 34.9. The molecule has 2 fully saturated rings. The number of rotatable bonds is 15. The third kappa shape index (κ3) is 8.54. The van der Waals surface area contributed by atoms with Crippen molar-refractivity contribution in [1.82, 2.24) is 0 Å². The standard InChI is InChI=1S/C38H54O5/c1-28(14-9-18-31-16-6-5-7-17-31)12-8-13-29(2)15-10-19-32(27-41)34-22-24-38(36(34)42)35(20-11-25-39)33(30(3)26-40)21-23-37(38,4)43/h5-7,10,12,15-17,19,26,34-36,39,41-43H,2,8-9,11,13-14,18,20-25,27H2,1,3-4H3. The summed E-state index contributed by atoms with van der Waals surface area (Å²) in [5.41, 5.74) is 4.18. The summed E-state index contributed by atoms with van der Waals surface area (Å²) < 4.78 is 0. The van der Waals surface area contributed by atoms with Crippen LogP contribution in [0.4, 0.5) is 0 Å². The van der Waals surface area contributed by atoms with Crippen molar-refractivity contribution in [1.29, 1.82) is 0 Å². The normalized spacial score (nSPS) is 29.4. The lowest BCUT2D eigenvalue weighted by molar-refractivity contribution is -0.167. The van der Waals surface area contributed by atoms with Crippen LogP contribution in [-0.2, 0) is 11.2 Å². The fourth-order valence-electron chi connectivity index (χ4n) is 7.67. The van der Waals surface area contributed by atoms with Gasteiger partial charge in [0.2, 0.25) is 0 Å². The van der Waals surface area contributed by atoms with Crippen LogP contribution in [0.3, 0.4) is 0 Å². The second kappa shape index (κ2) is 16.5. The Labute approximate surface area is 259 Å². The van der Waals surface area contributed by atoms with E-state index >= 15 is 0 Å². The molecule has 1 aromatic rings. The molecule has 5 unspecified atom stereocenters. The zero-order valence-corrected chi connectivity index (χ0v) is 26.6. The van der Waals surface area contributed by atoms with Crippen LogP contribution in [0.1, 0.15) is 90.5 Å². The van der Waals surface area contributed by atoms with Crippen LogP contribution in [-0.4, -0.2) is 51.6 Å². The fraction of sp³-hybridized carbons (Fsp3) is 0.553. The summed E-state index contributed by atoms with van der Waals surface area (Å²) in [6.45, 7) is 9.84. The van der Waals surface area contributed by atoms with Gasteiger partial charge in [-0.3, -0.25) is 4.79 Å². The van der Waals surface area contributed by atoms with Gasteiger partial charge in [-0.05, 0) is 114 Å². The molecular formula is C38H54O5. The van der Waals surface area contributed by atoms with Gasteiger partial charge in [0.15, 0.2) is 0 Å². The summed E-state index contributed by atoms with van der Waals surface area (Å²) in [4.78, 5) is 11.8. The SMILES string of the molecule is C=C(C=CC=C(CO)C1CCC2(C(CCCO)C(=C(C)C=O)CCC2(C)O)C1O)CCC=C(C)CCCc1ccccc1. The van der Waals surface area contributed by atoms with E-state index in [1.807, 2.05) is 25.2 Å². The molecule has 5 atom stereocenters. The Hall–Kier alpha value is -2.57. The van der Waals surface area contributed by atoms with Gasteiger partial charge in [0.05, 0.1) is 18.3 Å².